The zero-order valence-electron chi connectivity index (χ0n) is 30.3. The van der Waals surface area contributed by atoms with Crippen LogP contribution in [0.1, 0.15) is 0 Å². The first-order valence-corrected chi connectivity index (χ1v) is 18.9. The van der Waals surface area contributed by atoms with Gasteiger partial charge in [-0.1, -0.05) is 115 Å². The predicted octanol–water partition coefficient (Wildman–Crippen LogP) is 12.7. The third kappa shape index (κ3) is 5.29. The second kappa shape index (κ2) is 13.0. The predicted molar refractivity (Wildman–Crippen MR) is 230 cm³/mol. The smallest absolute Gasteiger partial charge is 0.160 e. The van der Waals surface area contributed by atoms with Crippen LogP contribution in [0.3, 0.4) is 0 Å². The van der Waals surface area contributed by atoms with Gasteiger partial charge in [0.25, 0.3) is 0 Å². The zero-order chi connectivity index (χ0) is 37.0. The first kappa shape index (κ1) is 31.9. The second-order valence-electron chi connectivity index (χ2n) is 14.1. The summed E-state index contributed by atoms with van der Waals surface area (Å²) in [6.45, 7) is 0. The lowest BCUT2D eigenvalue weighted by Crippen LogP contribution is -1.97. The molecule has 0 aliphatic heterocycles. The van der Waals surface area contributed by atoms with Gasteiger partial charge in [-0.05, 0) is 90.0 Å². The minimum absolute atomic E-state index is 0.697. The highest BCUT2D eigenvalue weighted by atomic mass is 15.0. The molecule has 4 heterocycles. The summed E-state index contributed by atoms with van der Waals surface area (Å²) < 4.78 is 4.63. The van der Waals surface area contributed by atoms with E-state index in [9.17, 15) is 0 Å². The normalized spacial score (nSPS) is 11.6. The Morgan fingerprint density at radius 3 is 1.61 bits per heavy atom. The quantitative estimate of drug-likeness (QED) is 0.172. The number of hydrogen-bond acceptors (Lipinski definition) is 3. The van der Waals surface area contributed by atoms with E-state index < -0.39 is 0 Å². The molecule has 5 nitrogen and oxygen atoms in total. The molecule has 0 bridgehead atoms. The number of rotatable bonds is 6. The van der Waals surface area contributed by atoms with Crippen molar-refractivity contribution in [3.05, 3.63) is 200 Å². The molecule has 0 radical (unpaired) electrons. The Morgan fingerprint density at radius 2 is 0.875 bits per heavy atom. The molecule has 56 heavy (non-hydrogen) atoms. The molecular formula is C51H33N5. The molecule has 0 saturated heterocycles. The van der Waals surface area contributed by atoms with Crippen LogP contribution in [0.25, 0.3) is 100 Å². The Morgan fingerprint density at radius 1 is 0.321 bits per heavy atom. The van der Waals surface area contributed by atoms with E-state index in [1.807, 2.05) is 48.7 Å². The summed E-state index contributed by atoms with van der Waals surface area (Å²) in [6.07, 6.45) is 1.87. The summed E-state index contributed by atoms with van der Waals surface area (Å²) in [6, 6.07) is 68.3. The summed E-state index contributed by atoms with van der Waals surface area (Å²) in [5.74, 6) is 0.697. The van der Waals surface area contributed by atoms with E-state index in [0.717, 1.165) is 72.6 Å². The van der Waals surface area contributed by atoms with Gasteiger partial charge in [-0.15, -0.1) is 0 Å². The van der Waals surface area contributed by atoms with Crippen molar-refractivity contribution in [3.63, 3.8) is 0 Å². The van der Waals surface area contributed by atoms with Crippen LogP contribution >= 0.6 is 0 Å². The Bertz CT molecular complexity index is 3160. The highest BCUT2D eigenvalue weighted by molar-refractivity contribution is 6.12. The number of benzene rings is 7. The van der Waals surface area contributed by atoms with Crippen molar-refractivity contribution in [2.45, 2.75) is 0 Å². The average molecular weight is 716 g/mol. The van der Waals surface area contributed by atoms with E-state index in [4.69, 9.17) is 15.0 Å². The average Bonchev–Trinajstić information content (AvgIpc) is 3.79. The lowest BCUT2D eigenvalue weighted by Gasteiger charge is -2.11. The number of para-hydroxylation sites is 2. The number of fused-ring (bicyclic) bond motifs is 6. The highest BCUT2D eigenvalue weighted by Crippen LogP contribution is 2.38. The second-order valence-corrected chi connectivity index (χ2v) is 14.1. The fourth-order valence-electron chi connectivity index (χ4n) is 8.14. The maximum Gasteiger partial charge on any atom is 0.160 e. The molecule has 0 aliphatic rings. The van der Waals surface area contributed by atoms with Crippen molar-refractivity contribution in [2.75, 3.05) is 0 Å². The van der Waals surface area contributed by atoms with Crippen LogP contribution in [-0.2, 0) is 0 Å². The fourth-order valence-corrected chi connectivity index (χ4v) is 8.14. The molecular weight excluding hydrogens is 683 g/mol. The van der Waals surface area contributed by atoms with Crippen LogP contribution in [-0.4, -0.2) is 24.1 Å². The summed E-state index contributed by atoms with van der Waals surface area (Å²) >= 11 is 0. The minimum Gasteiger partial charge on any atom is -0.309 e. The topological polar surface area (TPSA) is 48.5 Å². The van der Waals surface area contributed by atoms with Gasteiger partial charge in [0, 0.05) is 55.8 Å². The Labute approximate surface area is 323 Å². The molecule has 0 unspecified atom stereocenters. The van der Waals surface area contributed by atoms with Gasteiger partial charge in [0.15, 0.2) is 5.82 Å². The van der Waals surface area contributed by atoms with E-state index in [0.29, 0.717) is 5.82 Å². The lowest BCUT2D eigenvalue weighted by atomic mass is 10.0. The molecule has 0 atom stereocenters. The maximum atomic E-state index is 5.06. The molecule has 5 heteroatoms. The lowest BCUT2D eigenvalue weighted by molar-refractivity contribution is 1.14. The maximum absolute atomic E-state index is 5.06. The van der Waals surface area contributed by atoms with Gasteiger partial charge >= 0.3 is 0 Å². The Hall–Kier alpha value is -7.63. The fraction of sp³-hybridized carbons (Fsp3) is 0. The molecule has 11 rings (SSSR count). The van der Waals surface area contributed by atoms with Gasteiger partial charge in [-0.3, -0.25) is 4.57 Å². The van der Waals surface area contributed by atoms with Crippen molar-refractivity contribution in [1.29, 1.82) is 0 Å². The summed E-state index contributed by atoms with van der Waals surface area (Å²) in [4.78, 5) is 14.9. The summed E-state index contributed by atoms with van der Waals surface area (Å²) in [5.41, 5.74) is 13.8. The van der Waals surface area contributed by atoms with Crippen molar-refractivity contribution in [1.82, 2.24) is 24.1 Å². The van der Waals surface area contributed by atoms with Gasteiger partial charge in [-0.2, -0.15) is 0 Å². The number of nitrogens with zero attached hydrogens (tertiary/aromatic N) is 5. The van der Waals surface area contributed by atoms with E-state index in [1.165, 1.54) is 21.7 Å². The van der Waals surface area contributed by atoms with Crippen LogP contribution in [0.5, 0.6) is 0 Å². The molecule has 7 aromatic carbocycles. The number of aromatic nitrogens is 5. The molecule has 0 spiro atoms. The van der Waals surface area contributed by atoms with Gasteiger partial charge < -0.3 is 4.57 Å². The van der Waals surface area contributed by atoms with E-state index >= 15 is 0 Å². The molecule has 11 aromatic rings. The largest absolute Gasteiger partial charge is 0.309 e. The number of hydrogen-bond donors (Lipinski definition) is 0. The van der Waals surface area contributed by atoms with E-state index in [1.54, 1.807) is 0 Å². The van der Waals surface area contributed by atoms with Crippen molar-refractivity contribution in [3.8, 4) is 56.4 Å². The minimum atomic E-state index is 0.697. The summed E-state index contributed by atoms with van der Waals surface area (Å²) in [7, 11) is 0. The van der Waals surface area contributed by atoms with Gasteiger partial charge in [0.05, 0.1) is 27.9 Å². The molecule has 262 valence electrons. The monoisotopic (exact) mass is 715 g/mol. The molecule has 0 N–H and O–H groups in total. The van der Waals surface area contributed by atoms with Crippen LogP contribution in [0.2, 0.25) is 0 Å². The van der Waals surface area contributed by atoms with E-state index in [2.05, 4.69) is 161 Å². The van der Waals surface area contributed by atoms with Crippen molar-refractivity contribution >= 4 is 43.7 Å². The zero-order valence-corrected chi connectivity index (χ0v) is 30.3. The van der Waals surface area contributed by atoms with Gasteiger partial charge in [0.1, 0.15) is 5.65 Å². The molecule has 0 amide bonds. The summed E-state index contributed by atoms with van der Waals surface area (Å²) in [5, 5.41) is 4.76. The molecule has 4 aromatic heterocycles. The van der Waals surface area contributed by atoms with Gasteiger partial charge in [0.2, 0.25) is 0 Å². The van der Waals surface area contributed by atoms with Crippen LogP contribution in [0, 0.1) is 0 Å². The first-order chi connectivity index (χ1) is 27.8. The Balaban J connectivity index is 1.02. The molecule has 0 aliphatic carbocycles. The van der Waals surface area contributed by atoms with Crippen LogP contribution in [0.4, 0.5) is 0 Å². The number of pyridine rings is 1. The third-order valence-electron chi connectivity index (χ3n) is 10.8. The first-order valence-electron chi connectivity index (χ1n) is 18.9. The third-order valence-corrected chi connectivity index (χ3v) is 10.8. The highest BCUT2D eigenvalue weighted by Gasteiger charge is 2.17. The standard InChI is InChI=1S/C51H33N5/c1-4-13-34(14-5-1)45-33-46(35-15-6-2-7-16-35)54-50(53-45)36-22-26-40(27-23-36)55-47-21-11-10-19-41(47)44-31-37(25-29-48(44)55)38-24-28-42-43-20-12-30-52-51(43)56(49(42)32-38)39-17-8-3-9-18-39/h1-33H. The molecule has 0 saturated carbocycles. The van der Waals surface area contributed by atoms with E-state index in [-0.39, 0.29) is 0 Å². The van der Waals surface area contributed by atoms with Crippen LogP contribution in [0.15, 0.2) is 200 Å². The van der Waals surface area contributed by atoms with Crippen molar-refractivity contribution < 1.29 is 0 Å². The Kier molecular flexibility index (Phi) is 7.42. The van der Waals surface area contributed by atoms with Gasteiger partial charge in [-0.25, -0.2) is 15.0 Å². The SMILES string of the molecule is c1ccc(-c2cc(-c3ccccc3)nc(-c3ccc(-n4c5ccccc5c5cc(-c6ccc7c8cccnc8n(-c8ccccc8)c7c6)ccc54)cc3)n2)cc1. The van der Waals surface area contributed by atoms with Crippen molar-refractivity contribution in [2.24, 2.45) is 0 Å². The molecule has 0 fully saturated rings. The van der Waals surface area contributed by atoms with Crippen LogP contribution < -0.4 is 0 Å².